The van der Waals surface area contributed by atoms with Crippen LogP contribution in [-0.2, 0) is 16.1 Å². The summed E-state index contributed by atoms with van der Waals surface area (Å²) in [5.41, 5.74) is 6.54. The molecule has 0 aliphatic rings. The minimum Gasteiger partial charge on any atom is -0.423 e. The molecular weight excluding hydrogens is 446 g/mol. The third-order valence-corrected chi connectivity index (χ3v) is 7.03. The maximum absolute atomic E-state index is 13.5. The summed E-state index contributed by atoms with van der Waals surface area (Å²) in [7, 11) is 3.53. The van der Waals surface area contributed by atoms with Crippen molar-refractivity contribution in [2.75, 3.05) is 0 Å². The fourth-order valence-electron chi connectivity index (χ4n) is 4.36. The lowest BCUT2D eigenvalue weighted by Crippen LogP contribution is -2.32. The van der Waals surface area contributed by atoms with Gasteiger partial charge in [-0.1, -0.05) is 12.1 Å². The normalized spacial score (nSPS) is 11.8. The molecule has 0 saturated heterocycles. The molecule has 0 atom stereocenters. The zero-order valence-corrected chi connectivity index (χ0v) is 20.1. The molecule has 1 heterocycles. The number of benzene rings is 3. The molecule has 0 bridgehead atoms. The van der Waals surface area contributed by atoms with Gasteiger partial charge in [0, 0.05) is 22.8 Å². The van der Waals surface area contributed by atoms with Gasteiger partial charge in [0.15, 0.2) is 0 Å². The van der Waals surface area contributed by atoms with Crippen LogP contribution in [0, 0.1) is 27.7 Å². The van der Waals surface area contributed by atoms with E-state index in [9.17, 15) is 13.2 Å². The molecule has 3 aromatic carbocycles. The van der Waals surface area contributed by atoms with E-state index in [1.54, 1.807) is 0 Å². The van der Waals surface area contributed by atoms with E-state index >= 15 is 0 Å². The second-order valence-electron chi connectivity index (χ2n) is 8.18. The molecular formula is C25H23ClNO4S+. The van der Waals surface area contributed by atoms with Crippen LogP contribution in [0.15, 0.2) is 53.4 Å². The summed E-state index contributed by atoms with van der Waals surface area (Å²) in [5, 5.41) is 1.67. The van der Waals surface area contributed by atoms with E-state index in [0.717, 1.165) is 44.1 Å². The second-order valence-corrected chi connectivity index (χ2v) is 10.8. The molecule has 32 heavy (non-hydrogen) atoms. The third-order valence-electron chi connectivity index (χ3n) is 5.66. The Morgan fingerprint density at radius 1 is 0.844 bits per heavy atom. The van der Waals surface area contributed by atoms with Crippen LogP contribution in [0.25, 0.3) is 21.8 Å². The first-order valence-corrected chi connectivity index (χ1v) is 12.4. The summed E-state index contributed by atoms with van der Waals surface area (Å²) < 4.78 is 30.8. The van der Waals surface area contributed by atoms with Gasteiger partial charge in [-0.15, -0.1) is 0 Å². The zero-order valence-electron chi connectivity index (χ0n) is 18.5. The fourth-order valence-corrected chi connectivity index (χ4v) is 5.13. The molecule has 0 fully saturated rings. The second kappa shape index (κ2) is 7.87. The number of pyridine rings is 1. The van der Waals surface area contributed by atoms with Gasteiger partial charge in [-0.25, -0.2) is 13.2 Å². The van der Waals surface area contributed by atoms with Crippen molar-refractivity contribution in [3.8, 4) is 5.75 Å². The lowest BCUT2D eigenvalue weighted by molar-refractivity contribution is -0.617. The predicted molar refractivity (Wildman–Crippen MR) is 126 cm³/mol. The van der Waals surface area contributed by atoms with Crippen LogP contribution in [0.3, 0.4) is 0 Å². The number of hydrogen-bond donors (Lipinski definition) is 0. The van der Waals surface area contributed by atoms with Crippen molar-refractivity contribution in [3.63, 3.8) is 0 Å². The Hall–Kier alpha value is -2.96. The Balaban J connectivity index is 1.97. The average molecular weight is 469 g/mol. The molecule has 0 aliphatic carbocycles. The van der Waals surface area contributed by atoms with Crippen LogP contribution >= 0.6 is 10.7 Å². The number of hydrogen-bond acceptors (Lipinski definition) is 4. The first-order chi connectivity index (χ1) is 15.0. The van der Waals surface area contributed by atoms with E-state index in [1.807, 2.05) is 34.7 Å². The molecule has 164 valence electrons. The summed E-state index contributed by atoms with van der Waals surface area (Å²) >= 11 is 0. The quantitative estimate of drug-likeness (QED) is 0.136. The summed E-state index contributed by atoms with van der Waals surface area (Å²) in [4.78, 5) is 13.5. The van der Waals surface area contributed by atoms with Gasteiger partial charge in [0.2, 0.25) is 11.0 Å². The highest BCUT2D eigenvalue weighted by Gasteiger charge is 2.27. The third kappa shape index (κ3) is 3.85. The van der Waals surface area contributed by atoms with Crippen LogP contribution in [0.2, 0.25) is 0 Å². The lowest BCUT2D eigenvalue weighted by atomic mass is 9.94. The van der Waals surface area contributed by atoms with Gasteiger partial charge in [0.1, 0.15) is 12.8 Å². The van der Waals surface area contributed by atoms with Crippen LogP contribution in [0.5, 0.6) is 5.75 Å². The number of carbonyl (C=O) groups is 1. The summed E-state index contributed by atoms with van der Waals surface area (Å²) in [5.74, 6) is -0.260. The van der Waals surface area contributed by atoms with Crippen molar-refractivity contribution in [1.82, 2.24) is 0 Å². The number of aryl methyl sites for hydroxylation is 5. The molecule has 0 aliphatic heterocycles. The fraction of sp³-hybridized carbons (Fsp3) is 0.200. The standard InChI is InChI=1S/C25H23ClNO4S/c1-14-10-16(3)22-20(12-14)27(5)21-13-15(2)11-17(4)23(21)24(22)25(28)31-18-6-8-19(9-7-18)32(26,29)30/h6-13H,1-5H3/q+1. The zero-order chi connectivity index (χ0) is 23.4. The van der Waals surface area contributed by atoms with E-state index in [1.165, 1.54) is 24.3 Å². The van der Waals surface area contributed by atoms with Crippen LogP contribution in [0.1, 0.15) is 32.6 Å². The molecule has 1 aromatic heterocycles. The number of esters is 1. The number of fused-ring (bicyclic) bond motifs is 2. The van der Waals surface area contributed by atoms with Crippen molar-refractivity contribution < 1.29 is 22.5 Å². The topological polar surface area (TPSA) is 64.3 Å². The number of rotatable bonds is 3. The lowest BCUT2D eigenvalue weighted by Gasteiger charge is -2.14. The van der Waals surface area contributed by atoms with Gasteiger partial charge in [-0.3, -0.25) is 0 Å². The molecule has 0 N–H and O–H groups in total. The van der Waals surface area contributed by atoms with E-state index in [2.05, 4.69) is 28.8 Å². The Morgan fingerprint density at radius 2 is 1.31 bits per heavy atom. The average Bonchev–Trinajstić information content (AvgIpc) is 2.69. The Labute approximate surface area is 191 Å². The predicted octanol–water partition coefficient (Wildman–Crippen LogP) is 5.20. The molecule has 0 amide bonds. The van der Waals surface area contributed by atoms with Crippen molar-refractivity contribution >= 4 is 47.5 Å². The number of nitrogens with zero attached hydrogens (tertiary/aromatic N) is 1. The van der Waals surface area contributed by atoms with Crippen molar-refractivity contribution in [2.45, 2.75) is 32.6 Å². The SMILES string of the molecule is Cc1cc(C)c2c(C(=O)Oc3ccc(S(=O)(=O)Cl)cc3)c3c(C)cc(C)cc3[n+](C)c2c1. The molecule has 0 saturated carbocycles. The number of carbonyl (C=O) groups excluding carboxylic acids is 1. The first kappa shape index (κ1) is 22.2. The highest BCUT2D eigenvalue weighted by atomic mass is 35.7. The van der Waals surface area contributed by atoms with Gasteiger partial charge in [-0.2, -0.15) is 4.57 Å². The first-order valence-electron chi connectivity index (χ1n) is 10.1. The maximum Gasteiger partial charge on any atom is 0.345 e. The van der Waals surface area contributed by atoms with Gasteiger partial charge in [0.25, 0.3) is 9.05 Å². The summed E-state index contributed by atoms with van der Waals surface area (Å²) in [6, 6.07) is 13.7. The minimum absolute atomic E-state index is 0.0563. The van der Waals surface area contributed by atoms with Crippen molar-refractivity contribution in [3.05, 3.63) is 76.3 Å². The monoisotopic (exact) mass is 468 g/mol. The summed E-state index contributed by atoms with van der Waals surface area (Å²) in [6.07, 6.45) is 0. The highest BCUT2D eigenvalue weighted by Crippen LogP contribution is 2.32. The molecule has 0 unspecified atom stereocenters. The van der Waals surface area contributed by atoms with Crippen molar-refractivity contribution in [1.29, 1.82) is 0 Å². The van der Waals surface area contributed by atoms with Crippen LogP contribution < -0.4 is 9.30 Å². The van der Waals surface area contributed by atoms with E-state index in [0.29, 0.717) is 5.56 Å². The van der Waals surface area contributed by atoms with E-state index in [4.69, 9.17) is 15.4 Å². The van der Waals surface area contributed by atoms with Crippen molar-refractivity contribution in [2.24, 2.45) is 7.05 Å². The minimum atomic E-state index is -3.85. The van der Waals surface area contributed by atoms with Gasteiger partial charge in [0.05, 0.1) is 21.2 Å². The van der Waals surface area contributed by atoms with Crippen LogP contribution in [-0.4, -0.2) is 14.4 Å². The maximum atomic E-state index is 13.5. The summed E-state index contributed by atoms with van der Waals surface area (Å²) in [6.45, 7) is 8.04. The number of halogens is 1. The molecule has 4 aromatic rings. The highest BCUT2D eigenvalue weighted by molar-refractivity contribution is 8.13. The molecule has 7 heteroatoms. The number of ether oxygens (including phenoxy) is 1. The Morgan fingerprint density at radius 3 is 1.75 bits per heavy atom. The molecule has 4 rings (SSSR count). The van der Waals surface area contributed by atoms with E-state index < -0.39 is 15.0 Å². The Bertz CT molecular complexity index is 1460. The van der Waals surface area contributed by atoms with Crippen LogP contribution in [0.4, 0.5) is 0 Å². The smallest absolute Gasteiger partial charge is 0.345 e. The Kier molecular flexibility index (Phi) is 5.47. The largest absolute Gasteiger partial charge is 0.423 e. The van der Waals surface area contributed by atoms with E-state index in [-0.39, 0.29) is 10.6 Å². The molecule has 5 nitrogen and oxygen atoms in total. The van der Waals surface area contributed by atoms with Gasteiger partial charge < -0.3 is 4.74 Å². The number of aromatic nitrogens is 1. The molecule has 0 radical (unpaired) electrons. The van der Waals surface area contributed by atoms with Gasteiger partial charge in [-0.05, 0) is 74.2 Å². The molecule has 0 spiro atoms. The van der Waals surface area contributed by atoms with Gasteiger partial charge >= 0.3 is 5.97 Å².